The lowest BCUT2D eigenvalue weighted by atomic mass is 10.2. The molecule has 1 N–H and O–H groups in total. The van der Waals surface area contributed by atoms with Crippen molar-refractivity contribution in [1.29, 1.82) is 0 Å². The van der Waals surface area contributed by atoms with Crippen LogP contribution in [0.4, 0.5) is 23.7 Å². The highest BCUT2D eigenvalue weighted by atomic mass is 32.2. The minimum Gasteiger partial charge on any atom is -0.366 e. The molecule has 0 spiro atoms. The molecule has 1 aliphatic carbocycles. The molecule has 0 radical (unpaired) electrons. The van der Waals surface area contributed by atoms with Crippen LogP contribution in [0.25, 0.3) is 16.3 Å². The van der Waals surface area contributed by atoms with Gasteiger partial charge in [0.15, 0.2) is 15.8 Å². The van der Waals surface area contributed by atoms with Crippen LogP contribution in [0.15, 0.2) is 23.4 Å². The van der Waals surface area contributed by atoms with E-state index in [1.165, 1.54) is 27.8 Å². The van der Waals surface area contributed by atoms with Gasteiger partial charge in [-0.2, -0.15) is 0 Å². The molecule has 2 aliphatic rings. The number of nitrogens with one attached hydrogen (secondary N) is 1. The van der Waals surface area contributed by atoms with Gasteiger partial charge in [-0.15, -0.1) is 10.2 Å². The summed E-state index contributed by atoms with van der Waals surface area (Å²) in [7, 11) is -0.788. The quantitative estimate of drug-likeness (QED) is 0.473. The van der Waals surface area contributed by atoms with Gasteiger partial charge in [-0.3, -0.25) is 4.40 Å². The van der Waals surface area contributed by atoms with Gasteiger partial charge >= 0.3 is 6.03 Å². The Morgan fingerprint density at radius 3 is 2.49 bits per heavy atom. The molecule has 0 unspecified atom stereocenters. The number of rotatable bonds is 7. The predicted octanol–water partition coefficient (Wildman–Crippen LogP) is 2.37. The molecule has 0 bridgehead atoms. The van der Waals surface area contributed by atoms with Crippen molar-refractivity contribution in [2.75, 3.05) is 51.8 Å². The zero-order valence-electron chi connectivity index (χ0n) is 20.1. The number of urea groups is 1. The highest BCUT2D eigenvalue weighted by Crippen LogP contribution is 2.38. The van der Waals surface area contributed by atoms with Gasteiger partial charge in [0, 0.05) is 46.5 Å². The third kappa shape index (κ3) is 4.84. The fourth-order valence-electron chi connectivity index (χ4n) is 4.21. The summed E-state index contributed by atoms with van der Waals surface area (Å²) in [5.74, 6) is 0.158. The molecule has 1 saturated carbocycles. The molecule has 5 rings (SSSR count). The number of anilines is 1. The number of carbonyl (C=O) groups excluding carboxylic acids is 1. The van der Waals surface area contributed by atoms with Crippen LogP contribution in [0.3, 0.4) is 0 Å². The van der Waals surface area contributed by atoms with Crippen LogP contribution in [0.1, 0.15) is 24.3 Å². The van der Waals surface area contributed by atoms with Crippen molar-refractivity contribution in [2.24, 2.45) is 0 Å². The summed E-state index contributed by atoms with van der Waals surface area (Å²) in [4.78, 5) is 21.7. The number of halogens is 3. The summed E-state index contributed by atoms with van der Waals surface area (Å²) >= 11 is 0.666. The van der Waals surface area contributed by atoms with Gasteiger partial charge in [0.1, 0.15) is 11.6 Å². The third-order valence-corrected chi connectivity index (χ3v) is 8.93. The van der Waals surface area contributed by atoms with E-state index in [0.717, 1.165) is 0 Å². The number of piperazine rings is 1. The first-order valence-corrected chi connectivity index (χ1v) is 13.8. The third-order valence-electron chi connectivity index (χ3n) is 6.46. The highest BCUT2D eigenvalue weighted by Gasteiger charge is 2.46. The number of pyridine rings is 1. The zero-order valence-corrected chi connectivity index (χ0v) is 21.7. The number of aromatic nitrogens is 4. The molecule has 3 aromatic rings. The predicted molar refractivity (Wildman–Crippen MR) is 130 cm³/mol. The second-order valence-corrected chi connectivity index (χ2v) is 12.0. The summed E-state index contributed by atoms with van der Waals surface area (Å²) in [5, 5.41) is 6.96. The molecular formula is C21H25F3N8O3S2. The number of nitrogens with zero attached hydrogens (tertiary/aromatic N) is 7. The van der Waals surface area contributed by atoms with Crippen molar-refractivity contribution in [1.82, 2.24) is 34.1 Å². The van der Waals surface area contributed by atoms with Gasteiger partial charge in [-0.05, 0) is 18.9 Å². The Bertz CT molecular complexity index is 1430. The maximum atomic E-state index is 13.5. The van der Waals surface area contributed by atoms with E-state index >= 15 is 0 Å². The molecule has 2 fully saturated rings. The van der Waals surface area contributed by atoms with E-state index in [-0.39, 0.29) is 21.8 Å². The molecule has 16 heteroatoms. The van der Waals surface area contributed by atoms with Crippen LogP contribution in [-0.2, 0) is 10.0 Å². The molecule has 3 aromatic heterocycles. The van der Waals surface area contributed by atoms with Crippen molar-refractivity contribution in [3.8, 4) is 10.8 Å². The normalized spacial score (nSPS) is 17.6. The van der Waals surface area contributed by atoms with Crippen molar-refractivity contribution in [2.45, 2.75) is 29.7 Å². The van der Waals surface area contributed by atoms with Crippen LogP contribution in [-0.4, -0.2) is 96.3 Å². The molecule has 11 nitrogen and oxygen atoms in total. The SMILES string of the molecule is CN(C)C(=O)N1CCN(c2cc(S(=O)(=O)NC3(CF)CC3)cn3c(-c4nnc(C(F)F)s4)ncc23)CC1. The van der Waals surface area contributed by atoms with Gasteiger partial charge in [-0.1, -0.05) is 11.3 Å². The standard InChI is InChI=1S/C21H25F3N8O3S2/c1-29(2)20(33)31-7-5-30(6-8-31)14-9-13(37(34,35)28-21(12-22)3-4-21)11-32-15(14)10-25-17(32)19-27-26-18(36-19)16(23)24/h9-11,16,28H,3-8,12H2,1-2H3. The van der Waals surface area contributed by atoms with Crippen molar-refractivity contribution in [3.05, 3.63) is 23.5 Å². The first-order chi connectivity index (χ1) is 17.5. The number of imidazole rings is 1. The smallest absolute Gasteiger partial charge is 0.319 e. The van der Waals surface area contributed by atoms with E-state index in [0.29, 0.717) is 61.6 Å². The van der Waals surface area contributed by atoms with Crippen molar-refractivity contribution in [3.63, 3.8) is 0 Å². The lowest BCUT2D eigenvalue weighted by Gasteiger charge is -2.37. The van der Waals surface area contributed by atoms with E-state index in [9.17, 15) is 26.4 Å². The number of sulfonamides is 1. The molecule has 0 atom stereocenters. The highest BCUT2D eigenvalue weighted by molar-refractivity contribution is 7.89. The van der Waals surface area contributed by atoms with Gasteiger partial charge in [0.2, 0.25) is 10.0 Å². The Kier molecular flexibility index (Phi) is 6.52. The van der Waals surface area contributed by atoms with Gasteiger partial charge < -0.3 is 14.7 Å². The fourth-order valence-corrected chi connectivity index (χ4v) is 6.36. The molecule has 4 heterocycles. The van der Waals surface area contributed by atoms with Crippen LogP contribution in [0.2, 0.25) is 0 Å². The largest absolute Gasteiger partial charge is 0.366 e. The molecule has 0 aromatic carbocycles. The van der Waals surface area contributed by atoms with E-state index in [1.807, 2.05) is 4.90 Å². The number of fused-ring (bicyclic) bond motifs is 1. The van der Waals surface area contributed by atoms with E-state index in [1.54, 1.807) is 19.0 Å². The van der Waals surface area contributed by atoms with Crippen LogP contribution in [0.5, 0.6) is 0 Å². The molecule has 1 aliphatic heterocycles. The number of carbonyl (C=O) groups is 1. The van der Waals surface area contributed by atoms with Gasteiger partial charge in [0.05, 0.1) is 22.9 Å². The van der Waals surface area contributed by atoms with Crippen molar-refractivity contribution < 1.29 is 26.4 Å². The monoisotopic (exact) mass is 558 g/mol. The maximum Gasteiger partial charge on any atom is 0.319 e. The second-order valence-electron chi connectivity index (χ2n) is 9.31. The fraction of sp³-hybridized carbons (Fsp3) is 0.524. The Labute approximate surface area is 214 Å². The molecule has 37 heavy (non-hydrogen) atoms. The Morgan fingerprint density at radius 1 is 1.22 bits per heavy atom. The molecule has 2 amide bonds. The minimum atomic E-state index is -4.13. The summed E-state index contributed by atoms with van der Waals surface area (Å²) in [5.41, 5.74) is -0.0426. The maximum absolute atomic E-state index is 13.5. The van der Waals surface area contributed by atoms with E-state index < -0.39 is 33.7 Å². The average Bonchev–Trinajstić information content (AvgIpc) is 3.26. The van der Waals surface area contributed by atoms with Crippen LogP contribution < -0.4 is 9.62 Å². The summed E-state index contributed by atoms with van der Waals surface area (Å²) < 4.78 is 70.3. The first-order valence-electron chi connectivity index (χ1n) is 11.5. The average molecular weight is 559 g/mol. The summed E-state index contributed by atoms with van der Waals surface area (Å²) in [6.07, 6.45) is 0.838. The first kappa shape index (κ1) is 25.7. The Hall–Kier alpha value is -2.98. The zero-order chi connectivity index (χ0) is 26.5. The number of amides is 2. The number of hydrogen-bond acceptors (Lipinski definition) is 8. The van der Waals surface area contributed by atoms with E-state index in [4.69, 9.17) is 0 Å². The molecule has 1 saturated heterocycles. The Morgan fingerprint density at radius 2 is 1.92 bits per heavy atom. The van der Waals surface area contributed by atoms with Crippen LogP contribution in [0, 0.1) is 0 Å². The Balaban J connectivity index is 1.57. The van der Waals surface area contributed by atoms with E-state index in [2.05, 4.69) is 19.9 Å². The molecular weight excluding hydrogens is 533 g/mol. The number of alkyl halides is 3. The molecule has 200 valence electrons. The topological polar surface area (TPSA) is 116 Å². The lowest BCUT2D eigenvalue weighted by molar-refractivity contribution is 0.150. The van der Waals surface area contributed by atoms with Gasteiger partial charge in [0.25, 0.3) is 6.43 Å². The lowest BCUT2D eigenvalue weighted by Crippen LogP contribution is -2.51. The second kappa shape index (κ2) is 9.40. The summed E-state index contributed by atoms with van der Waals surface area (Å²) in [6.45, 7) is 0.864. The van der Waals surface area contributed by atoms with Crippen molar-refractivity contribution >= 4 is 38.6 Å². The van der Waals surface area contributed by atoms with Crippen LogP contribution >= 0.6 is 11.3 Å². The summed E-state index contributed by atoms with van der Waals surface area (Å²) in [6, 6.07) is 1.37. The van der Waals surface area contributed by atoms with Gasteiger partial charge in [-0.25, -0.2) is 36.1 Å². The number of hydrogen-bond donors (Lipinski definition) is 1. The minimum absolute atomic E-state index is 0.104.